The molecule has 1 aromatic rings. The van der Waals surface area contributed by atoms with Gasteiger partial charge >= 0.3 is 0 Å². The Morgan fingerprint density at radius 1 is 1.37 bits per heavy atom. The Labute approximate surface area is 115 Å². The maximum atomic E-state index is 6.00. The van der Waals surface area contributed by atoms with Crippen LogP contribution in [0.5, 0.6) is 5.75 Å². The second-order valence-electron chi connectivity index (χ2n) is 5.35. The van der Waals surface area contributed by atoms with Gasteiger partial charge in [0.1, 0.15) is 5.75 Å². The number of hydrogen-bond donors (Lipinski definition) is 1. The Hall–Kier alpha value is -1.71. The minimum atomic E-state index is -0.00528. The van der Waals surface area contributed by atoms with Gasteiger partial charge in [0.05, 0.1) is 19.2 Å². The third-order valence-electron chi connectivity index (χ3n) is 3.70. The molecule has 19 heavy (non-hydrogen) atoms. The quantitative estimate of drug-likeness (QED) is 0.882. The van der Waals surface area contributed by atoms with E-state index in [9.17, 15) is 0 Å². The first-order valence-electron chi connectivity index (χ1n) is 6.79. The van der Waals surface area contributed by atoms with Gasteiger partial charge in [-0.1, -0.05) is 19.1 Å². The van der Waals surface area contributed by atoms with E-state index < -0.39 is 0 Å². The number of aliphatic imine (C=N–C) groups is 1. The summed E-state index contributed by atoms with van der Waals surface area (Å²) in [5, 5.41) is 0. The second-order valence-corrected chi connectivity index (χ2v) is 5.35. The smallest absolute Gasteiger partial charge is 0.191 e. The van der Waals surface area contributed by atoms with Crippen LogP contribution in [-0.4, -0.2) is 36.6 Å². The largest absolute Gasteiger partial charge is 0.497 e. The molecule has 0 amide bonds. The molecule has 0 aromatic heterocycles. The molecule has 0 fully saturated rings. The molecule has 2 rings (SSSR count). The van der Waals surface area contributed by atoms with E-state index in [1.54, 1.807) is 7.11 Å². The zero-order valence-corrected chi connectivity index (χ0v) is 12.0. The summed E-state index contributed by atoms with van der Waals surface area (Å²) < 4.78 is 5.19. The summed E-state index contributed by atoms with van der Waals surface area (Å²) >= 11 is 0. The van der Waals surface area contributed by atoms with Crippen molar-refractivity contribution in [3.05, 3.63) is 29.8 Å². The first-order chi connectivity index (χ1) is 9.09. The number of benzene rings is 1. The van der Waals surface area contributed by atoms with Gasteiger partial charge in [0.25, 0.3) is 0 Å². The predicted octanol–water partition coefficient (Wildman–Crippen LogP) is 2.04. The summed E-state index contributed by atoms with van der Waals surface area (Å²) in [5.74, 6) is 1.57. The number of rotatable bonds is 5. The Morgan fingerprint density at radius 3 is 2.63 bits per heavy atom. The molecule has 104 valence electrons. The van der Waals surface area contributed by atoms with E-state index >= 15 is 0 Å². The van der Waals surface area contributed by atoms with E-state index in [1.165, 1.54) is 5.56 Å². The Balaban J connectivity index is 2.12. The molecule has 0 aliphatic carbocycles. The minimum absolute atomic E-state index is 0.00528. The average molecular weight is 261 g/mol. The van der Waals surface area contributed by atoms with Crippen LogP contribution in [0, 0.1) is 0 Å². The van der Waals surface area contributed by atoms with Gasteiger partial charge in [0.15, 0.2) is 5.96 Å². The molecule has 1 atom stereocenters. The lowest BCUT2D eigenvalue weighted by molar-refractivity contribution is 0.221. The topological polar surface area (TPSA) is 50.8 Å². The van der Waals surface area contributed by atoms with E-state index in [4.69, 9.17) is 10.5 Å². The zero-order valence-electron chi connectivity index (χ0n) is 12.0. The van der Waals surface area contributed by atoms with Crippen molar-refractivity contribution in [2.75, 3.05) is 20.2 Å². The van der Waals surface area contributed by atoms with Crippen molar-refractivity contribution in [1.29, 1.82) is 0 Å². The molecular weight excluding hydrogens is 238 g/mol. The van der Waals surface area contributed by atoms with Crippen molar-refractivity contribution in [2.24, 2.45) is 10.7 Å². The summed E-state index contributed by atoms with van der Waals surface area (Å²) in [6.45, 7) is 6.13. The van der Waals surface area contributed by atoms with Gasteiger partial charge in [-0.3, -0.25) is 4.99 Å². The lowest BCUT2D eigenvalue weighted by Crippen LogP contribution is -2.51. The van der Waals surface area contributed by atoms with Gasteiger partial charge < -0.3 is 15.4 Å². The molecule has 1 aliphatic heterocycles. The Morgan fingerprint density at radius 2 is 2.05 bits per heavy atom. The number of ether oxygens (including phenoxy) is 1. The lowest BCUT2D eigenvalue weighted by Gasteiger charge is -2.36. The standard InChI is InChI=1S/C15H23N3O/c1-4-9-18-14(16)17-11-15(18,2)10-12-5-7-13(19-3)8-6-12/h5-8H,4,9-11H2,1-3H3,(H2,16,17). The first-order valence-corrected chi connectivity index (χ1v) is 6.79. The highest BCUT2D eigenvalue weighted by Crippen LogP contribution is 2.26. The van der Waals surface area contributed by atoms with Crippen LogP contribution in [0.15, 0.2) is 29.3 Å². The van der Waals surface area contributed by atoms with E-state index in [-0.39, 0.29) is 5.54 Å². The molecule has 0 saturated carbocycles. The van der Waals surface area contributed by atoms with Crippen molar-refractivity contribution >= 4 is 5.96 Å². The van der Waals surface area contributed by atoms with Crippen LogP contribution in [-0.2, 0) is 6.42 Å². The fourth-order valence-corrected chi connectivity index (χ4v) is 2.64. The van der Waals surface area contributed by atoms with Crippen molar-refractivity contribution in [2.45, 2.75) is 32.2 Å². The van der Waals surface area contributed by atoms with Crippen molar-refractivity contribution in [3.63, 3.8) is 0 Å². The van der Waals surface area contributed by atoms with Crippen LogP contribution in [0.2, 0.25) is 0 Å². The van der Waals surface area contributed by atoms with E-state index in [0.29, 0.717) is 5.96 Å². The summed E-state index contributed by atoms with van der Waals surface area (Å²) in [4.78, 5) is 6.65. The Bertz CT molecular complexity index is 455. The summed E-state index contributed by atoms with van der Waals surface area (Å²) in [5.41, 5.74) is 7.28. The summed E-state index contributed by atoms with van der Waals surface area (Å²) in [7, 11) is 1.69. The van der Waals surface area contributed by atoms with Gasteiger partial charge in [-0.2, -0.15) is 0 Å². The van der Waals surface area contributed by atoms with E-state index in [0.717, 1.165) is 31.7 Å². The highest BCUT2D eigenvalue weighted by molar-refractivity contribution is 5.81. The molecule has 0 radical (unpaired) electrons. The molecule has 0 spiro atoms. The third-order valence-corrected chi connectivity index (χ3v) is 3.70. The molecule has 1 heterocycles. The second kappa shape index (κ2) is 5.51. The van der Waals surface area contributed by atoms with Gasteiger partial charge in [0.2, 0.25) is 0 Å². The summed E-state index contributed by atoms with van der Waals surface area (Å²) in [6, 6.07) is 8.23. The normalized spacial score (nSPS) is 22.5. The fourth-order valence-electron chi connectivity index (χ4n) is 2.64. The van der Waals surface area contributed by atoms with Crippen molar-refractivity contribution < 1.29 is 4.74 Å². The van der Waals surface area contributed by atoms with Gasteiger partial charge in [-0.05, 0) is 37.5 Å². The maximum Gasteiger partial charge on any atom is 0.191 e. The van der Waals surface area contributed by atoms with Gasteiger partial charge in [-0.25, -0.2) is 0 Å². The maximum absolute atomic E-state index is 6.00. The fraction of sp³-hybridized carbons (Fsp3) is 0.533. The van der Waals surface area contributed by atoms with Gasteiger partial charge in [0, 0.05) is 6.54 Å². The van der Waals surface area contributed by atoms with E-state index in [1.807, 2.05) is 12.1 Å². The van der Waals surface area contributed by atoms with Crippen LogP contribution < -0.4 is 10.5 Å². The lowest BCUT2D eigenvalue weighted by atomic mass is 9.91. The number of nitrogens with two attached hydrogens (primary N) is 1. The first kappa shape index (κ1) is 13.7. The van der Waals surface area contributed by atoms with Crippen LogP contribution in [0.3, 0.4) is 0 Å². The van der Waals surface area contributed by atoms with Crippen LogP contribution in [0.25, 0.3) is 0 Å². The van der Waals surface area contributed by atoms with Crippen molar-refractivity contribution in [3.8, 4) is 5.75 Å². The highest BCUT2D eigenvalue weighted by Gasteiger charge is 2.37. The number of methoxy groups -OCH3 is 1. The molecular formula is C15H23N3O. The molecule has 4 nitrogen and oxygen atoms in total. The van der Waals surface area contributed by atoms with Crippen LogP contribution in [0.1, 0.15) is 25.8 Å². The molecule has 4 heteroatoms. The third kappa shape index (κ3) is 2.83. The Kier molecular flexibility index (Phi) is 3.98. The highest BCUT2D eigenvalue weighted by atomic mass is 16.5. The number of guanidine groups is 1. The molecule has 1 aromatic carbocycles. The SMILES string of the molecule is CCCN1C(N)=NCC1(C)Cc1ccc(OC)cc1. The molecule has 1 aliphatic rings. The predicted molar refractivity (Wildman–Crippen MR) is 78.6 cm³/mol. The molecule has 0 saturated heterocycles. The molecule has 2 N–H and O–H groups in total. The monoisotopic (exact) mass is 261 g/mol. The molecule has 0 bridgehead atoms. The van der Waals surface area contributed by atoms with Crippen LogP contribution >= 0.6 is 0 Å². The average Bonchev–Trinajstić information content (AvgIpc) is 2.68. The minimum Gasteiger partial charge on any atom is -0.497 e. The summed E-state index contributed by atoms with van der Waals surface area (Å²) in [6.07, 6.45) is 2.02. The number of hydrogen-bond acceptors (Lipinski definition) is 4. The van der Waals surface area contributed by atoms with Crippen molar-refractivity contribution in [1.82, 2.24) is 4.90 Å². The number of nitrogens with zero attached hydrogens (tertiary/aromatic N) is 2. The van der Waals surface area contributed by atoms with Gasteiger partial charge in [-0.15, -0.1) is 0 Å². The van der Waals surface area contributed by atoms with Crippen LogP contribution in [0.4, 0.5) is 0 Å². The van der Waals surface area contributed by atoms with E-state index in [2.05, 4.69) is 35.9 Å². The molecule has 1 unspecified atom stereocenters. The zero-order chi connectivity index (χ0) is 13.9.